The number of hydrogen-bond donors (Lipinski definition) is 0. The van der Waals surface area contributed by atoms with E-state index in [0.29, 0.717) is 0 Å². The van der Waals surface area contributed by atoms with Crippen LogP contribution in [0.5, 0.6) is 0 Å². The zero-order valence-corrected chi connectivity index (χ0v) is 25.0. The van der Waals surface area contributed by atoms with Gasteiger partial charge < -0.3 is 0 Å². The van der Waals surface area contributed by atoms with Gasteiger partial charge in [-0.15, -0.1) is 36.4 Å². The fourth-order valence-electron chi connectivity index (χ4n) is 3.24. The molecule has 160 valence electrons. The van der Waals surface area contributed by atoms with E-state index in [2.05, 4.69) is 112 Å². The summed E-state index contributed by atoms with van der Waals surface area (Å²) in [4.78, 5) is 0. The molecule has 0 bridgehead atoms. The Balaban J connectivity index is 0.000000258. The first-order chi connectivity index (χ1) is 14.3. The average Bonchev–Trinajstić information content (AvgIpc) is 3.31. The van der Waals surface area contributed by atoms with E-state index in [1.54, 1.807) is 21.6 Å². The molecular weight excluding hydrogens is 536 g/mol. The third-order valence-electron chi connectivity index (χ3n) is 4.88. The number of rotatable bonds is 2. The molecule has 0 saturated carbocycles. The molecule has 0 radical (unpaired) electrons. The molecule has 31 heavy (non-hydrogen) atoms. The molecular formula is C28H33ClGeZr. The van der Waals surface area contributed by atoms with Gasteiger partial charge in [-0.05, 0) is 13.8 Å². The molecule has 0 heterocycles. The van der Waals surface area contributed by atoms with Crippen molar-refractivity contribution in [3.63, 3.8) is 0 Å². The Morgan fingerprint density at radius 2 is 0.935 bits per heavy atom. The molecule has 0 N–H and O–H groups in total. The first-order valence-corrected chi connectivity index (χ1v) is 22.1. The van der Waals surface area contributed by atoms with Crippen LogP contribution in [0.4, 0.5) is 0 Å². The van der Waals surface area contributed by atoms with Gasteiger partial charge in [-0.25, -0.2) is 11.1 Å². The molecule has 0 atom stereocenters. The van der Waals surface area contributed by atoms with Crippen molar-refractivity contribution in [1.29, 1.82) is 0 Å². The zero-order chi connectivity index (χ0) is 22.1. The second kappa shape index (κ2) is 14.3. The van der Waals surface area contributed by atoms with Gasteiger partial charge in [0.2, 0.25) is 0 Å². The van der Waals surface area contributed by atoms with Gasteiger partial charge in [-0.3, -0.25) is 12.2 Å². The molecule has 0 nitrogen and oxygen atoms in total. The van der Waals surface area contributed by atoms with Crippen LogP contribution in [0, 0.1) is 26.0 Å². The van der Waals surface area contributed by atoms with E-state index in [1.807, 2.05) is 0 Å². The number of hydrogen-bond acceptors (Lipinski definition) is 0. The number of benzene rings is 2. The van der Waals surface area contributed by atoms with Gasteiger partial charge in [0.15, 0.2) is 0 Å². The van der Waals surface area contributed by atoms with Crippen LogP contribution >= 0.6 is 12.4 Å². The van der Waals surface area contributed by atoms with Gasteiger partial charge in [-0.2, -0.15) is 23.3 Å². The van der Waals surface area contributed by atoms with E-state index in [4.69, 9.17) is 0 Å². The summed E-state index contributed by atoms with van der Waals surface area (Å²) in [5, 5.41) is 0. The van der Waals surface area contributed by atoms with Crippen molar-refractivity contribution in [3.05, 3.63) is 106 Å². The Hall–Kier alpha value is -0.884. The van der Waals surface area contributed by atoms with Gasteiger partial charge >= 0.3 is 43.1 Å². The molecule has 2 aliphatic carbocycles. The van der Waals surface area contributed by atoms with Crippen molar-refractivity contribution in [2.45, 2.75) is 52.0 Å². The van der Waals surface area contributed by atoms with Crippen molar-refractivity contribution >= 4 is 33.5 Å². The maximum atomic E-state index is 3.31. The van der Waals surface area contributed by atoms with E-state index < -0.39 is 0 Å². The van der Waals surface area contributed by atoms with Gasteiger partial charge in [0, 0.05) is 0 Å². The average molecular weight is 569 g/mol. The van der Waals surface area contributed by atoms with Gasteiger partial charge in [0.25, 0.3) is 0 Å². The molecule has 0 amide bonds. The van der Waals surface area contributed by atoms with E-state index in [9.17, 15) is 0 Å². The molecule has 3 heteroatoms. The Morgan fingerprint density at radius 1 is 0.645 bits per heavy atom. The van der Waals surface area contributed by atoms with E-state index in [-0.39, 0.29) is 22.4 Å². The summed E-state index contributed by atoms with van der Waals surface area (Å²) in [6, 6.07) is 17.3. The van der Waals surface area contributed by atoms with Crippen LogP contribution in [-0.4, -0.2) is 9.98 Å². The summed E-state index contributed by atoms with van der Waals surface area (Å²) in [7, 11) is -0.243. The Labute approximate surface area is 212 Å². The normalized spacial score (nSPS) is 13.9. The van der Waals surface area contributed by atoms with Crippen molar-refractivity contribution < 1.29 is 21.6 Å². The first kappa shape index (κ1) is 28.1. The van der Waals surface area contributed by atoms with Crippen molar-refractivity contribution in [2.24, 2.45) is 0 Å². The topological polar surface area (TPSA) is 0 Å². The van der Waals surface area contributed by atoms with Crippen molar-refractivity contribution in [2.75, 3.05) is 0 Å². The molecule has 0 fully saturated rings. The molecule has 4 rings (SSSR count). The maximum absolute atomic E-state index is 3.31. The SMILES string of the molecule is CC1=[C-]CC=C1c1ccc(C)cc1.CC1=[C-]CC=C1c1ccc(C)cc1.Cl.[CH3][Ge]([CH3])=[Zr+2]. The fourth-order valence-corrected chi connectivity index (χ4v) is 3.24. The molecule has 2 aromatic carbocycles. The minimum atomic E-state index is -0.243. The van der Waals surface area contributed by atoms with Gasteiger partial charge in [0.1, 0.15) is 0 Å². The second-order valence-corrected chi connectivity index (χ2v) is 24.9. The van der Waals surface area contributed by atoms with E-state index in [1.165, 1.54) is 44.5 Å². The van der Waals surface area contributed by atoms with Crippen molar-refractivity contribution in [1.82, 2.24) is 0 Å². The molecule has 0 aromatic heterocycles. The van der Waals surface area contributed by atoms with E-state index in [0.717, 1.165) is 12.8 Å². The first-order valence-electron chi connectivity index (χ1n) is 10.5. The Morgan fingerprint density at radius 3 is 1.16 bits per heavy atom. The third kappa shape index (κ3) is 9.64. The summed E-state index contributed by atoms with van der Waals surface area (Å²) >= 11 is 1.80. The summed E-state index contributed by atoms with van der Waals surface area (Å²) in [5.74, 6) is 4.75. The van der Waals surface area contributed by atoms with Crippen LogP contribution in [0.25, 0.3) is 11.1 Å². The molecule has 2 aromatic rings. The molecule has 0 spiro atoms. The Bertz CT molecular complexity index is 909. The zero-order valence-electron chi connectivity index (χ0n) is 19.6. The van der Waals surface area contributed by atoms with Crippen LogP contribution < -0.4 is 0 Å². The fraction of sp³-hybridized carbons (Fsp3) is 0.286. The molecule has 2 aliphatic rings. The third-order valence-corrected chi connectivity index (χ3v) is 4.88. The van der Waals surface area contributed by atoms with Crippen LogP contribution in [0.2, 0.25) is 11.5 Å². The minimum absolute atomic E-state index is 0. The van der Waals surface area contributed by atoms with Crippen LogP contribution in [0.15, 0.2) is 71.8 Å². The second-order valence-electron chi connectivity index (χ2n) is 7.98. The number of halogens is 1. The number of aryl methyl sites for hydroxylation is 2. The quantitative estimate of drug-likeness (QED) is 0.253. The van der Waals surface area contributed by atoms with Crippen LogP contribution in [0.1, 0.15) is 48.9 Å². The predicted molar refractivity (Wildman–Crippen MR) is 137 cm³/mol. The standard InChI is InChI=1S/2C13H13.C2H6Ge.ClH.Zr/c2*1-10-6-8-12(9-7-10)13-5-3-4-11(13)2;1-3-2;;/h2*5-9H,3H2,1-2H3;1-2H3;1H;/q2*-1;;;+2. The van der Waals surface area contributed by atoms with E-state index >= 15 is 0 Å². The monoisotopic (exact) mass is 568 g/mol. The van der Waals surface area contributed by atoms with Gasteiger partial charge in [-0.1, -0.05) is 73.5 Å². The van der Waals surface area contributed by atoms with Gasteiger partial charge in [0.05, 0.1) is 0 Å². The van der Waals surface area contributed by atoms with Crippen molar-refractivity contribution in [3.8, 4) is 0 Å². The van der Waals surface area contributed by atoms with Crippen LogP contribution in [0.3, 0.4) is 0 Å². The van der Waals surface area contributed by atoms with Crippen LogP contribution in [-0.2, 0) is 21.6 Å². The Kier molecular flexibility index (Phi) is 13.0. The molecule has 0 saturated heterocycles. The summed E-state index contributed by atoms with van der Waals surface area (Å²) < 4.78 is 0. The summed E-state index contributed by atoms with van der Waals surface area (Å²) in [6.07, 6.45) is 13.0. The molecule has 0 aliphatic heterocycles. The number of allylic oxidation sites excluding steroid dienone is 8. The molecule has 0 unspecified atom stereocenters. The summed E-state index contributed by atoms with van der Waals surface area (Å²) in [5.41, 5.74) is 10.5. The predicted octanol–water partition coefficient (Wildman–Crippen LogP) is 8.27. The summed E-state index contributed by atoms with van der Waals surface area (Å²) in [6.45, 7) is 8.47.